The van der Waals surface area contributed by atoms with Gasteiger partial charge in [0.15, 0.2) is 5.78 Å². The SMILES string of the molecule is CC.CC1SC(=O)NCC1=O. The van der Waals surface area contributed by atoms with Gasteiger partial charge in [-0.25, -0.2) is 0 Å². The van der Waals surface area contributed by atoms with Crippen LogP contribution in [0.15, 0.2) is 0 Å². The summed E-state index contributed by atoms with van der Waals surface area (Å²) < 4.78 is 0. The highest BCUT2D eigenvalue weighted by Gasteiger charge is 2.22. The fourth-order valence-electron chi connectivity index (χ4n) is 0.571. The standard InChI is InChI=1S/C5H7NO2S.C2H6/c1-3-4(7)2-6-5(8)9-3;1-2/h3H,2H2,1H3,(H,6,8);1-2H3. The second kappa shape index (κ2) is 5.18. The van der Waals surface area contributed by atoms with E-state index in [1.54, 1.807) is 6.92 Å². The second-order valence-electron chi connectivity index (χ2n) is 1.87. The molecule has 1 aliphatic rings. The summed E-state index contributed by atoms with van der Waals surface area (Å²) in [4.78, 5) is 21.2. The molecule has 0 aromatic rings. The van der Waals surface area contributed by atoms with Crippen LogP contribution in [0.4, 0.5) is 4.79 Å². The molecular formula is C7H13NO2S. The molecule has 0 spiro atoms. The van der Waals surface area contributed by atoms with Gasteiger partial charge in [0.2, 0.25) is 0 Å². The molecule has 0 saturated carbocycles. The summed E-state index contributed by atoms with van der Waals surface area (Å²) in [6.07, 6.45) is 0. The third-order valence-corrected chi connectivity index (χ3v) is 2.12. The smallest absolute Gasteiger partial charge is 0.280 e. The number of hydrogen-bond acceptors (Lipinski definition) is 3. The van der Waals surface area contributed by atoms with Gasteiger partial charge in [-0.1, -0.05) is 25.6 Å². The van der Waals surface area contributed by atoms with Crippen LogP contribution in [0.25, 0.3) is 0 Å². The molecule has 1 unspecified atom stereocenters. The van der Waals surface area contributed by atoms with Crippen molar-refractivity contribution in [2.24, 2.45) is 0 Å². The van der Waals surface area contributed by atoms with Crippen molar-refractivity contribution in [1.82, 2.24) is 5.32 Å². The number of hydrogen-bond donors (Lipinski definition) is 1. The molecule has 0 aromatic heterocycles. The van der Waals surface area contributed by atoms with Crippen LogP contribution < -0.4 is 5.32 Å². The summed E-state index contributed by atoms with van der Waals surface area (Å²) in [5.41, 5.74) is 0. The number of carbonyl (C=O) groups excluding carboxylic acids is 2. The van der Waals surface area contributed by atoms with Crippen LogP contribution in [0.3, 0.4) is 0 Å². The van der Waals surface area contributed by atoms with Gasteiger partial charge in [0.25, 0.3) is 5.24 Å². The third-order valence-electron chi connectivity index (χ3n) is 1.14. The van der Waals surface area contributed by atoms with E-state index in [1.807, 2.05) is 13.8 Å². The Kier molecular flexibility index (Phi) is 4.94. The minimum absolute atomic E-state index is 0.0953. The molecule has 1 saturated heterocycles. The predicted molar refractivity (Wildman–Crippen MR) is 46.8 cm³/mol. The molecule has 0 bridgehead atoms. The number of amides is 1. The topological polar surface area (TPSA) is 46.2 Å². The van der Waals surface area contributed by atoms with Gasteiger partial charge < -0.3 is 5.32 Å². The number of carbonyl (C=O) groups is 2. The lowest BCUT2D eigenvalue weighted by Crippen LogP contribution is -2.37. The Morgan fingerprint density at radius 2 is 2.00 bits per heavy atom. The van der Waals surface area contributed by atoms with Gasteiger partial charge >= 0.3 is 0 Å². The fourth-order valence-corrected chi connectivity index (χ4v) is 1.26. The van der Waals surface area contributed by atoms with Crippen molar-refractivity contribution in [2.45, 2.75) is 26.0 Å². The molecule has 64 valence electrons. The van der Waals surface area contributed by atoms with E-state index in [0.29, 0.717) is 0 Å². The number of Topliss-reactive ketones (excluding diaryl/α,β-unsaturated/α-hetero) is 1. The molecule has 1 N–H and O–H groups in total. The average molecular weight is 175 g/mol. The Labute approximate surface area is 70.9 Å². The Morgan fingerprint density at radius 3 is 2.36 bits per heavy atom. The molecule has 1 atom stereocenters. The van der Waals surface area contributed by atoms with Crippen molar-refractivity contribution in [3.05, 3.63) is 0 Å². The maximum absolute atomic E-state index is 10.7. The van der Waals surface area contributed by atoms with Crippen LogP contribution in [-0.4, -0.2) is 22.8 Å². The van der Waals surface area contributed by atoms with E-state index in [4.69, 9.17) is 0 Å². The van der Waals surface area contributed by atoms with Gasteiger partial charge in [0.05, 0.1) is 11.8 Å². The maximum Gasteiger partial charge on any atom is 0.280 e. The van der Waals surface area contributed by atoms with Crippen molar-refractivity contribution in [2.75, 3.05) is 6.54 Å². The normalized spacial score (nSPS) is 23.4. The summed E-state index contributed by atoms with van der Waals surface area (Å²) in [6, 6.07) is 0. The van der Waals surface area contributed by atoms with E-state index >= 15 is 0 Å². The highest BCUT2D eigenvalue weighted by Crippen LogP contribution is 2.15. The monoisotopic (exact) mass is 175 g/mol. The lowest BCUT2D eigenvalue weighted by molar-refractivity contribution is -0.117. The third kappa shape index (κ3) is 3.41. The molecule has 1 aliphatic heterocycles. The molecule has 1 fully saturated rings. The highest BCUT2D eigenvalue weighted by atomic mass is 32.2. The van der Waals surface area contributed by atoms with Crippen LogP contribution >= 0.6 is 11.8 Å². The summed E-state index contributed by atoms with van der Waals surface area (Å²) in [7, 11) is 0. The molecule has 1 amide bonds. The quantitative estimate of drug-likeness (QED) is 0.605. The minimum Gasteiger partial charge on any atom is -0.340 e. The summed E-state index contributed by atoms with van der Waals surface area (Å²) in [6.45, 7) is 5.94. The fraction of sp³-hybridized carbons (Fsp3) is 0.714. The van der Waals surface area contributed by atoms with E-state index in [2.05, 4.69) is 5.32 Å². The van der Waals surface area contributed by atoms with Gasteiger partial charge in [0.1, 0.15) is 0 Å². The Hall–Kier alpha value is -0.510. The van der Waals surface area contributed by atoms with Gasteiger partial charge in [-0.05, 0) is 6.92 Å². The van der Waals surface area contributed by atoms with Crippen LogP contribution in [0, 0.1) is 0 Å². The van der Waals surface area contributed by atoms with E-state index in [1.165, 1.54) is 0 Å². The molecule has 3 nitrogen and oxygen atoms in total. The first-order valence-corrected chi connectivity index (χ1v) is 4.55. The first kappa shape index (κ1) is 10.5. The first-order valence-electron chi connectivity index (χ1n) is 3.67. The van der Waals surface area contributed by atoms with Crippen LogP contribution in [-0.2, 0) is 4.79 Å². The Bertz CT molecular complexity index is 159. The van der Waals surface area contributed by atoms with Crippen molar-refractivity contribution in [1.29, 1.82) is 0 Å². The van der Waals surface area contributed by atoms with Crippen LogP contribution in [0.1, 0.15) is 20.8 Å². The molecule has 0 radical (unpaired) electrons. The summed E-state index contributed by atoms with van der Waals surface area (Å²) >= 11 is 1.05. The number of ketones is 1. The number of nitrogens with one attached hydrogen (secondary N) is 1. The lowest BCUT2D eigenvalue weighted by Gasteiger charge is -2.15. The molecule has 11 heavy (non-hydrogen) atoms. The Balaban J connectivity index is 0.000000461. The molecule has 1 rings (SSSR count). The summed E-state index contributed by atoms with van der Waals surface area (Å²) in [5.74, 6) is 0.0969. The lowest BCUT2D eigenvalue weighted by atomic mass is 10.3. The minimum atomic E-state index is -0.154. The average Bonchev–Trinajstić information content (AvgIpc) is 2.02. The van der Waals surface area contributed by atoms with Gasteiger partial charge in [-0.2, -0.15) is 0 Å². The van der Waals surface area contributed by atoms with Crippen molar-refractivity contribution >= 4 is 22.8 Å². The zero-order valence-electron chi connectivity index (χ0n) is 7.01. The Morgan fingerprint density at radius 1 is 1.45 bits per heavy atom. The molecule has 1 heterocycles. The second-order valence-corrected chi connectivity index (χ2v) is 3.18. The first-order chi connectivity index (χ1) is 5.20. The molecule has 0 aromatic carbocycles. The highest BCUT2D eigenvalue weighted by molar-refractivity contribution is 8.14. The zero-order valence-corrected chi connectivity index (χ0v) is 7.83. The summed E-state index contributed by atoms with van der Waals surface area (Å²) in [5, 5.41) is 2.19. The van der Waals surface area contributed by atoms with E-state index in [0.717, 1.165) is 11.8 Å². The zero-order chi connectivity index (χ0) is 8.85. The van der Waals surface area contributed by atoms with E-state index in [9.17, 15) is 9.59 Å². The molecule has 0 aliphatic carbocycles. The van der Waals surface area contributed by atoms with E-state index in [-0.39, 0.29) is 22.8 Å². The predicted octanol–water partition coefficient (Wildman–Crippen LogP) is 1.43. The van der Waals surface area contributed by atoms with Gasteiger partial charge in [-0.15, -0.1) is 0 Å². The van der Waals surface area contributed by atoms with Crippen molar-refractivity contribution < 1.29 is 9.59 Å². The largest absolute Gasteiger partial charge is 0.340 e. The number of thioether (sulfide) groups is 1. The van der Waals surface area contributed by atoms with E-state index < -0.39 is 0 Å². The molecular weight excluding hydrogens is 162 g/mol. The van der Waals surface area contributed by atoms with Crippen LogP contribution in [0.2, 0.25) is 0 Å². The van der Waals surface area contributed by atoms with Crippen LogP contribution in [0.5, 0.6) is 0 Å². The van der Waals surface area contributed by atoms with Gasteiger partial charge in [-0.3, -0.25) is 9.59 Å². The van der Waals surface area contributed by atoms with Crippen molar-refractivity contribution in [3.63, 3.8) is 0 Å². The van der Waals surface area contributed by atoms with Crippen molar-refractivity contribution in [3.8, 4) is 0 Å². The molecule has 4 heteroatoms. The number of rotatable bonds is 0. The van der Waals surface area contributed by atoms with Gasteiger partial charge in [0, 0.05) is 0 Å². The maximum atomic E-state index is 10.7.